The Morgan fingerprint density at radius 3 is 2.59 bits per heavy atom. The van der Waals surface area contributed by atoms with Crippen LogP contribution in [0.15, 0.2) is 59.5 Å². The molecule has 0 saturated heterocycles. The Morgan fingerprint density at radius 1 is 1.09 bits per heavy atom. The molecule has 0 spiro atoms. The smallest absolute Gasteiger partial charge is 0.450 e. The van der Waals surface area contributed by atoms with E-state index in [1.165, 1.54) is 18.4 Å². The van der Waals surface area contributed by atoms with Crippen molar-refractivity contribution in [3.8, 4) is 11.3 Å². The summed E-state index contributed by atoms with van der Waals surface area (Å²) in [5, 5.41) is 3.97. The highest BCUT2D eigenvalue weighted by molar-refractivity contribution is 6.08. The van der Waals surface area contributed by atoms with Gasteiger partial charge in [0, 0.05) is 53.2 Å². The van der Waals surface area contributed by atoms with E-state index in [9.17, 15) is 18.0 Å². The number of amides is 1. The van der Waals surface area contributed by atoms with Gasteiger partial charge < -0.3 is 9.73 Å². The van der Waals surface area contributed by atoms with E-state index in [0.717, 1.165) is 18.0 Å². The fraction of sp³-hybridized carbons (Fsp3) is 0.217. The van der Waals surface area contributed by atoms with Crippen LogP contribution >= 0.6 is 0 Å². The highest BCUT2D eigenvalue weighted by atomic mass is 19.4. The van der Waals surface area contributed by atoms with Crippen LogP contribution in [-0.4, -0.2) is 20.9 Å². The first kappa shape index (κ1) is 20.2. The minimum atomic E-state index is -4.61. The first-order valence-corrected chi connectivity index (χ1v) is 10.0. The third kappa shape index (κ3) is 3.93. The SMILES string of the molecule is O=C(NCc1cnc(C(F)(F)F)nc1)c1oc(-c2cccc(C3CC3)c2)c2cnccc12. The molecule has 32 heavy (non-hydrogen) atoms. The number of fused-ring (bicyclic) bond motifs is 1. The minimum absolute atomic E-state index is 0.0449. The average molecular weight is 438 g/mol. The van der Waals surface area contributed by atoms with E-state index in [0.29, 0.717) is 28.0 Å². The summed E-state index contributed by atoms with van der Waals surface area (Å²) in [6.45, 7) is -0.0449. The van der Waals surface area contributed by atoms with Crippen LogP contribution in [0.2, 0.25) is 0 Å². The molecule has 0 bridgehead atoms. The number of carbonyl (C=O) groups excluding carboxylic acids is 1. The van der Waals surface area contributed by atoms with Gasteiger partial charge in [-0.3, -0.25) is 9.78 Å². The second-order valence-electron chi connectivity index (χ2n) is 7.68. The van der Waals surface area contributed by atoms with Crippen molar-refractivity contribution in [1.29, 1.82) is 0 Å². The predicted molar refractivity (Wildman–Crippen MR) is 110 cm³/mol. The number of aromatic nitrogens is 3. The van der Waals surface area contributed by atoms with Gasteiger partial charge in [-0.2, -0.15) is 13.2 Å². The number of nitrogens with zero attached hydrogens (tertiary/aromatic N) is 3. The molecule has 9 heteroatoms. The van der Waals surface area contributed by atoms with E-state index in [2.05, 4.69) is 32.4 Å². The number of rotatable bonds is 5. The molecule has 162 valence electrons. The van der Waals surface area contributed by atoms with Crippen LogP contribution in [0.1, 0.15) is 46.3 Å². The summed E-state index contributed by atoms with van der Waals surface area (Å²) in [6, 6.07) is 9.76. The van der Waals surface area contributed by atoms with Gasteiger partial charge in [-0.1, -0.05) is 18.2 Å². The molecule has 1 aliphatic rings. The van der Waals surface area contributed by atoms with Crippen molar-refractivity contribution in [3.05, 3.63) is 77.8 Å². The molecule has 1 aromatic carbocycles. The summed E-state index contributed by atoms with van der Waals surface area (Å²) in [6.07, 6.45) is 3.03. The van der Waals surface area contributed by atoms with Gasteiger partial charge in [0.2, 0.25) is 5.82 Å². The zero-order chi connectivity index (χ0) is 22.3. The van der Waals surface area contributed by atoms with Gasteiger partial charge in [0.05, 0.1) is 0 Å². The van der Waals surface area contributed by atoms with Gasteiger partial charge in [0.1, 0.15) is 5.76 Å². The second kappa shape index (κ2) is 7.74. The molecular weight excluding hydrogens is 421 g/mol. The molecule has 6 nitrogen and oxygen atoms in total. The van der Waals surface area contributed by atoms with Crippen molar-refractivity contribution in [2.45, 2.75) is 31.5 Å². The normalized spacial score (nSPS) is 14.0. The van der Waals surface area contributed by atoms with Crippen LogP contribution in [0.5, 0.6) is 0 Å². The molecule has 1 aliphatic carbocycles. The lowest BCUT2D eigenvalue weighted by Gasteiger charge is -2.06. The van der Waals surface area contributed by atoms with Crippen LogP contribution in [0, 0.1) is 0 Å². The maximum absolute atomic E-state index is 12.8. The number of halogens is 3. The number of hydrogen-bond donors (Lipinski definition) is 1. The van der Waals surface area contributed by atoms with Gasteiger partial charge in [0.25, 0.3) is 5.91 Å². The van der Waals surface area contributed by atoms with Crippen molar-refractivity contribution in [3.63, 3.8) is 0 Å². The second-order valence-corrected chi connectivity index (χ2v) is 7.68. The quantitative estimate of drug-likeness (QED) is 0.468. The molecule has 1 saturated carbocycles. The first-order chi connectivity index (χ1) is 15.4. The third-order valence-corrected chi connectivity index (χ3v) is 5.33. The summed E-state index contributed by atoms with van der Waals surface area (Å²) in [7, 11) is 0. The number of alkyl halides is 3. The fourth-order valence-electron chi connectivity index (χ4n) is 3.57. The van der Waals surface area contributed by atoms with E-state index < -0.39 is 17.9 Å². The molecule has 1 amide bonds. The first-order valence-electron chi connectivity index (χ1n) is 10.0. The van der Waals surface area contributed by atoms with Crippen molar-refractivity contribution < 1.29 is 22.4 Å². The predicted octanol–water partition coefficient (Wildman–Crippen LogP) is 5.11. The van der Waals surface area contributed by atoms with Crippen molar-refractivity contribution in [2.24, 2.45) is 0 Å². The topological polar surface area (TPSA) is 80.9 Å². The monoisotopic (exact) mass is 438 g/mol. The molecule has 1 N–H and O–H groups in total. The van der Waals surface area contributed by atoms with Crippen molar-refractivity contribution >= 4 is 16.7 Å². The van der Waals surface area contributed by atoms with Crippen LogP contribution in [-0.2, 0) is 12.7 Å². The fourth-order valence-corrected chi connectivity index (χ4v) is 3.57. The molecule has 4 aromatic rings. The van der Waals surface area contributed by atoms with Crippen LogP contribution in [0.3, 0.4) is 0 Å². The maximum Gasteiger partial charge on any atom is 0.451 e. The molecule has 5 rings (SSSR count). The summed E-state index contributed by atoms with van der Waals surface area (Å²) in [5.74, 6) is -0.482. The van der Waals surface area contributed by atoms with E-state index >= 15 is 0 Å². The molecule has 1 fully saturated rings. The Morgan fingerprint density at radius 2 is 1.88 bits per heavy atom. The summed E-state index contributed by atoms with van der Waals surface area (Å²) in [4.78, 5) is 23.6. The molecule has 0 radical (unpaired) electrons. The number of carbonyl (C=O) groups is 1. The van der Waals surface area contributed by atoms with E-state index in [1.807, 2.05) is 12.1 Å². The summed E-state index contributed by atoms with van der Waals surface area (Å²) in [5.41, 5.74) is 2.44. The van der Waals surface area contributed by atoms with Gasteiger partial charge in [-0.25, -0.2) is 9.97 Å². The zero-order valence-electron chi connectivity index (χ0n) is 16.7. The number of pyridine rings is 1. The Kier molecular flexibility index (Phi) is 4.88. The number of benzene rings is 1. The highest BCUT2D eigenvalue weighted by Crippen LogP contribution is 2.42. The lowest BCUT2D eigenvalue weighted by Crippen LogP contribution is -2.23. The number of furan rings is 1. The van der Waals surface area contributed by atoms with Gasteiger partial charge in [0.15, 0.2) is 5.76 Å². The Hall–Kier alpha value is -3.75. The Labute approximate surface area is 180 Å². The minimum Gasteiger partial charge on any atom is -0.450 e. The standard InChI is InChI=1S/C23H17F3N4O2/c24-23(25,26)22-29-10-13(11-30-22)9-28-21(31)20-17-6-7-27-12-18(17)19(32-20)16-3-1-2-15(8-16)14-4-5-14/h1-3,6-8,10-12,14H,4-5,9H2,(H,28,31). The van der Waals surface area contributed by atoms with Gasteiger partial charge in [-0.15, -0.1) is 0 Å². The molecule has 3 heterocycles. The largest absolute Gasteiger partial charge is 0.451 e. The molecule has 0 unspecified atom stereocenters. The molecular formula is C23H17F3N4O2. The van der Waals surface area contributed by atoms with Crippen LogP contribution < -0.4 is 5.32 Å². The van der Waals surface area contributed by atoms with Gasteiger partial charge >= 0.3 is 6.18 Å². The summed E-state index contributed by atoms with van der Waals surface area (Å²) < 4.78 is 43.8. The van der Waals surface area contributed by atoms with E-state index in [1.54, 1.807) is 18.5 Å². The molecule has 3 aromatic heterocycles. The number of nitrogens with one attached hydrogen (secondary N) is 1. The van der Waals surface area contributed by atoms with Crippen LogP contribution in [0.25, 0.3) is 22.1 Å². The lowest BCUT2D eigenvalue weighted by atomic mass is 10.0. The summed E-state index contributed by atoms with van der Waals surface area (Å²) >= 11 is 0. The number of hydrogen-bond acceptors (Lipinski definition) is 5. The lowest BCUT2D eigenvalue weighted by molar-refractivity contribution is -0.145. The molecule has 0 aliphatic heterocycles. The maximum atomic E-state index is 12.8. The van der Waals surface area contributed by atoms with Crippen molar-refractivity contribution in [1.82, 2.24) is 20.3 Å². The zero-order valence-corrected chi connectivity index (χ0v) is 16.7. The third-order valence-electron chi connectivity index (χ3n) is 5.33. The van der Waals surface area contributed by atoms with Crippen LogP contribution in [0.4, 0.5) is 13.2 Å². The average Bonchev–Trinajstić information content (AvgIpc) is 3.58. The van der Waals surface area contributed by atoms with Gasteiger partial charge in [-0.05, 0) is 36.5 Å². The van der Waals surface area contributed by atoms with E-state index in [4.69, 9.17) is 4.42 Å². The van der Waals surface area contributed by atoms with E-state index in [-0.39, 0.29) is 12.3 Å². The highest BCUT2D eigenvalue weighted by Gasteiger charge is 2.34. The molecule has 0 atom stereocenters. The van der Waals surface area contributed by atoms with Crippen molar-refractivity contribution in [2.75, 3.05) is 0 Å². The Bertz CT molecular complexity index is 1290. The Balaban J connectivity index is 1.40.